The lowest BCUT2D eigenvalue weighted by molar-refractivity contribution is -0.116. The zero-order valence-electron chi connectivity index (χ0n) is 13.7. The van der Waals surface area contributed by atoms with E-state index in [2.05, 4.69) is 5.32 Å². The van der Waals surface area contributed by atoms with Crippen LogP contribution in [0.1, 0.15) is 12.8 Å². The summed E-state index contributed by atoms with van der Waals surface area (Å²) in [5.41, 5.74) is 0.511. The predicted molar refractivity (Wildman–Crippen MR) is 94.4 cm³/mol. The van der Waals surface area contributed by atoms with Gasteiger partial charge in [-0.3, -0.25) is 4.79 Å². The van der Waals surface area contributed by atoms with Gasteiger partial charge in [0.25, 0.3) is 0 Å². The number of nitrogens with one attached hydrogen (secondary N) is 1. The highest BCUT2D eigenvalue weighted by molar-refractivity contribution is 6.32. The van der Waals surface area contributed by atoms with Crippen LogP contribution in [-0.4, -0.2) is 26.7 Å². The molecule has 0 aliphatic carbocycles. The summed E-state index contributed by atoms with van der Waals surface area (Å²) in [4.78, 5) is 12.1. The molecular formula is C18H20ClNO4. The van der Waals surface area contributed by atoms with Crippen molar-refractivity contribution in [3.05, 3.63) is 47.5 Å². The summed E-state index contributed by atoms with van der Waals surface area (Å²) in [5, 5.41) is 3.20. The lowest BCUT2D eigenvalue weighted by Crippen LogP contribution is -2.13. The van der Waals surface area contributed by atoms with Crippen molar-refractivity contribution < 1.29 is 19.0 Å². The molecule has 2 rings (SSSR count). The molecule has 0 aromatic heterocycles. The zero-order valence-corrected chi connectivity index (χ0v) is 14.4. The van der Waals surface area contributed by atoms with Gasteiger partial charge in [-0.15, -0.1) is 0 Å². The third-order valence-corrected chi connectivity index (χ3v) is 3.60. The molecule has 0 aliphatic rings. The number of amides is 1. The van der Waals surface area contributed by atoms with E-state index < -0.39 is 0 Å². The van der Waals surface area contributed by atoms with Gasteiger partial charge in [0.2, 0.25) is 5.91 Å². The molecule has 0 atom stereocenters. The zero-order chi connectivity index (χ0) is 17.4. The van der Waals surface area contributed by atoms with E-state index in [1.54, 1.807) is 12.1 Å². The van der Waals surface area contributed by atoms with Crippen molar-refractivity contribution >= 4 is 23.2 Å². The summed E-state index contributed by atoms with van der Waals surface area (Å²) in [6.07, 6.45) is 0.937. The number of hydrogen-bond donors (Lipinski definition) is 1. The van der Waals surface area contributed by atoms with E-state index in [0.717, 1.165) is 5.75 Å². The number of anilines is 1. The van der Waals surface area contributed by atoms with Crippen molar-refractivity contribution in [2.45, 2.75) is 12.8 Å². The summed E-state index contributed by atoms with van der Waals surface area (Å²) in [7, 11) is 3.04. The highest BCUT2D eigenvalue weighted by Crippen LogP contribution is 2.35. The minimum Gasteiger partial charge on any atom is -0.495 e. The van der Waals surface area contributed by atoms with Gasteiger partial charge in [0.1, 0.15) is 17.2 Å². The molecule has 6 heteroatoms. The highest BCUT2D eigenvalue weighted by Gasteiger charge is 2.12. The monoisotopic (exact) mass is 349 g/mol. The van der Waals surface area contributed by atoms with E-state index in [0.29, 0.717) is 41.7 Å². The first-order valence-corrected chi connectivity index (χ1v) is 7.91. The van der Waals surface area contributed by atoms with E-state index in [1.165, 1.54) is 14.2 Å². The molecule has 2 aromatic rings. The number of hydrogen-bond acceptors (Lipinski definition) is 4. The molecule has 2 aromatic carbocycles. The molecule has 0 saturated carbocycles. The summed E-state index contributed by atoms with van der Waals surface area (Å²) in [6.45, 7) is 0.470. The van der Waals surface area contributed by atoms with Crippen LogP contribution in [0.3, 0.4) is 0 Å². The van der Waals surface area contributed by atoms with Gasteiger partial charge in [-0.1, -0.05) is 29.8 Å². The average Bonchev–Trinajstić information content (AvgIpc) is 2.60. The van der Waals surface area contributed by atoms with E-state index in [9.17, 15) is 4.79 Å². The Hall–Kier alpha value is -2.40. The third-order valence-electron chi connectivity index (χ3n) is 3.31. The van der Waals surface area contributed by atoms with Crippen molar-refractivity contribution in [2.24, 2.45) is 0 Å². The summed E-state index contributed by atoms with van der Waals surface area (Å²) in [6, 6.07) is 12.7. The summed E-state index contributed by atoms with van der Waals surface area (Å²) in [5.74, 6) is 1.64. The number of carbonyl (C=O) groups is 1. The SMILES string of the molecule is COc1cc(OC)c(NC(=O)CCCOc2ccccc2)cc1Cl. The molecule has 0 saturated heterocycles. The molecular weight excluding hydrogens is 330 g/mol. The van der Waals surface area contributed by atoms with Gasteiger partial charge in [-0.2, -0.15) is 0 Å². The second-order valence-electron chi connectivity index (χ2n) is 5.00. The van der Waals surface area contributed by atoms with Gasteiger partial charge in [0.05, 0.1) is 31.5 Å². The largest absolute Gasteiger partial charge is 0.495 e. The highest BCUT2D eigenvalue weighted by atomic mass is 35.5. The average molecular weight is 350 g/mol. The summed E-state index contributed by atoms with van der Waals surface area (Å²) < 4.78 is 15.9. The van der Waals surface area contributed by atoms with Crippen molar-refractivity contribution in [1.29, 1.82) is 0 Å². The Kier molecular flexibility index (Phi) is 6.75. The Morgan fingerprint density at radius 3 is 2.46 bits per heavy atom. The van der Waals surface area contributed by atoms with Crippen LogP contribution in [0, 0.1) is 0 Å². The lowest BCUT2D eigenvalue weighted by atomic mass is 10.2. The first-order chi connectivity index (χ1) is 11.6. The molecule has 5 nitrogen and oxygen atoms in total. The minimum absolute atomic E-state index is 0.133. The van der Waals surface area contributed by atoms with Gasteiger partial charge < -0.3 is 19.5 Å². The number of ether oxygens (including phenoxy) is 3. The normalized spacial score (nSPS) is 10.1. The Labute approximate surface area is 146 Å². The molecule has 0 aliphatic heterocycles. The molecule has 128 valence electrons. The van der Waals surface area contributed by atoms with Gasteiger partial charge in [-0.25, -0.2) is 0 Å². The van der Waals surface area contributed by atoms with E-state index in [4.69, 9.17) is 25.8 Å². The van der Waals surface area contributed by atoms with Crippen LogP contribution in [-0.2, 0) is 4.79 Å². The fraction of sp³-hybridized carbons (Fsp3) is 0.278. The molecule has 0 radical (unpaired) electrons. The minimum atomic E-state index is -0.133. The fourth-order valence-corrected chi connectivity index (χ4v) is 2.35. The van der Waals surface area contributed by atoms with Crippen molar-refractivity contribution in [3.63, 3.8) is 0 Å². The molecule has 0 bridgehead atoms. The molecule has 1 N–H and O–H groups in total. The van der Waals surface area contributed by atoms with E-state index in [1.807, 2.05) is 30.3 Å². The van der Waals surface area contributed by atoms with Gasteiger partial charge in [-0.05, 0) is 24.6 Å². The number of halogens is 1. The maximum absolute atomic E-state index is 12.1. The fourth-order valence-electron chi connectivity index (χ4n) is 2.11. The number of benzene rings is 2. The Morgan fingerprint density at radius 2 is 1.79 bits per heavy atom. The van der Waals surface area contributed by atoms with Crippen molar-refractivity contribution in [1.82, 2.24) is 0 Å². The maximum atomic E-state index is 12.1. The number of methoxy groups -OCH3 is 2. The Balaban J connectivity index is 1.85. The first kappa shape index (κ1) is 17.9. The van der Waals surface area contributed by atoms with Gasteiger partial charge in [0.15, 0.2) is 0 Å². The van der Waals surface area contributed by atoms with E-state index >= 15 is 0 Å². The molecule has 24 heavy (non-hydrogen) atoms. The van der Waals surface area contributed by atoms with Crippen LogP contribution >= 0.6 is 11.6 Å². The predicted octanol–water partition coefficient (Wildman–Crippen LogP) is 4.15. The molecule has 0 heterocycles. The smallest absolute Gasteiger partial charge is 0.224 e. The molecule has 0 fully saturated rings. The Bertz CT molecular complexity index is 676. The van der Waals surface area contributed by atoms with Crippen LogP contribution in [0.4, 0.5) is 5.69 Å². The lowest BCUT2D eigenvalue weighted by Gasteiger charge is -2.13. The van der Waals surface area contributed by atoms with Crippen molar-refractivity contribution in [2.75, 3.05) is 26.1 Å². The van der Waals surface area contributed by atoms with Crippen LogP contribution in [0.2, 0.25) is 5.02 Å². The second kappa shape index (κ2) is 9.03. The van der Waals surface area contributed by atoms with E-state index in [-0.39, 0.29) is 5.91 Å². The second-order valence-corrected chi connectivity index (χ2v) is 5.41. The number of para-hydroxylation sites is 1. The van der Waals surface area contributed by atoms with Crippen molar-refractivity contribution in [3.8, 4) is 17.2 Å². The van der Waals surface area contributed by atoms with Crippen LogP contribution < -0.4 is 19.5 Å². The first-order valence-electron chi connectivity index (χ1n) is 7.53. The standard InChI is InChI=1S/C18H20ClNO4/c1-22-16-12-17(23-2)15(11-14(16)19)20-18(21)9-6-10-24-13-7-4-3-5-8-13/h3-5,7-8,11-12H,6,9-10H2,1-2H3,(H,20,21). The number of rotatable bonds is 8. The van der Waals surface area contributed by atoms with Gasteiger partial charge >= 0.3 is 0 Å². The molecule has 0 spiro atoms. The third kappa shape index (κ3) is 5.06. The number of carbonyl (C=O) groups excluding carboxylic acids is 1. The molecule has 1 amide bonds. The Morgan fingerprint density at radius 1 is 1.08 bits per heavy atom. The maximum Gasteiger partial charge on any atom is 0.224 e. The quantitative estimate of drug-likeness (QED) is 0.727. The van der Waals surface area contributed by atoms with Crippen LogP contribution in [0.5, 0.6) is 17.2 Å². The van der Waals surface area contributed by atoms with Crippen LogP contribution in [0.15, 0.2) is 42.5 Å². The van der Waals surface area contributed by atoms with Gasteiger partial charge in [0, 0.05) is 12.5 Å². The summed E-state index contributed by atoms with van der Waals surface area (Å²) >= 11 is 6.08. The topological polar surface area (TPSA) is 56.8 Å². The molecule has 0 unspecified atom stereocenters. The van der Waals surface area contributed by atoms with Crippen LogP contribution in [0.25, 0.3) is 0 Å².